The number of carbonyl (C=O) groups excluding carboxylic acids is 1. The zero-order valence-electron chi connectivity index (χ0n) is 20.0. The summed E-state index contributed by atoms with van der Waals surface area (Å²) < 4.78 is 6.10. The van der Waals surface area contributed by atoms with Crippen molar-refractivity contribution in [3.63, 3.8) is 0 Å². The van der Waals surface area contributed by atoms with Crippen molar-refractivity contribution in [3.8, 4) is 5.75 Å². The van der Waals surface area contributed by atoms with Crippen molar-refractivity contribution in [2.45, 2.75) is 83.7 Å². The van der Waals surface area contributed by atoms with Gasteiger partial charge in [0.25, 0.3) is 5.91 Å². The minimum Gasteiger partial charge on any atom is -0.481 e. The summed E-state index contributed by atoms with van der Waals surface area (Å²) in [5, 5.41) is 3.06. The average molecular weight is 432 g/mol. The molecule has 1 N–H and O–H groups in total. The molecular weight excluding hydrogens is 394 g/mol. The van der Waals surface area contributed by atoms with Crippen molar-refractivity contribution in [1.29, 1.82) is 0 Å². The van der Waals surface area contributed by atoms with Gasteiger partial charge in [-0.25, -0.2) is 0 Å². The lowest BCUT2D eigenvalue weighted by Crippen LogP contribution is -2.48. The van der Waals surface area contributed by atoms with Gasteiger partial charge in [-0.15, -0.1) is 0 Å². The van der Waals surface area contributed by atoms with Crippen molar-refractivity contribution >= 4 is 11.6 Å². The Balaban J connectivity index is 1.25. The van der Waals surface area contributed by atoms with Crippen LogP contribution in [0, 0.1) is 24.7 Å². The van der Waals surface area contributed by atoms with Crippen molar-refractivity contribution in [2.24, 2.45) is 17.8 Å². The first-order chi connectivity index (χ1) is 15.3. The summed E-state index contributed by atoms with van der Waals surface area (Å²) in [4.78, 5) is 12.9. The SMILES string of the molecule is Cc1ccc(C(C)C)c(O[C@H](C)C(=O)Nc2ccc(C34CC5CC(CC(C5)C3)C4)cc2)c1. The van der Waals surface area contributed by atoms with Gasteiger partial charge >= 0.3 is 0 Å². The van der Waals surface area contributed by atoms with E-state index in [2.05, 4.69) is 55.6 Å². The highest BCUT2D eigenvalue weighted by Gasteiger charge is 2.51. The summed E-state index contributed by atoms with van der Waals surface area (Å²) in [5.41, 5.74) is 5.01. The maximum absolute atomic E-state index is 12.9. The van der Waals surface area contributed by atoms with E-state index in [-0.39, 0.29) is 5.91 Å². The fraction of sp³-hybridized carbons (Fsp3) is 0.552. The lowest BCUT2D eigenvalue weighted by molar-refractivity contribution is -0.122. The molecule has 0 aromatic heterocycles. The summed E-state index contributed by atoms with van der Waals surface area (Å²) in [6.45, 7) is 8.17. The van der Waals surface area contributed by atoms with E-state index >= 15 is 0 Å². The van der Waals surface area contributed by atoms with E-state index in [9.17, 15) is 4.79 Å². The lowest BCUT2D eigenvalue weighted by Gasteiger charge is -2.57. The predicted octanol–water partition coefficient (Wildman–Crippen LogP) is 6.99. The Morgan fingerprint density at radius 1 is 0.938 bits per heavy atom. The summed E-state index contributed by atoms with van der Waals surface area (Å²) >= 11 is 0. The molecule has 0 saturated heterocycles. The number of amides is 1. The van der Waals surface area contributed by atoms with Gasteiger partial charge in [0.1, 0.15) is 5.75 Å². The normalized spacial score (nSPS) is 29.2. The van der Waals surface area contributed by atoms with E-state index in [0.717, 1.165) is 40.3 Å². The van der Waals surface area contributed by atoms with Gasteiger partial charge in [-0.3, -0.25) is 4.79 Å². The highest BCUT2D eigenvalue weighted by molar-refractivity contribution is 5.94. The molecule has 0 radical (unpaired) electrons. The summed E-state index contributed by atoms with van der Waals surface area (Å²) in [7, 11) is 0. The Hall–Kier alpha value is -2.29. The van der Waals surface area contributed by atoms with Gasteiger partial charge in [0.05, 0.1) is 0 Å². The van der Waals surface area contributed by atoms with Crippen LogP contribution in [-0.4, -0.2) is 12.0 Å². The molecule has 170 valence electrons. The van der Waals surface area contributed by atoms with Gasteiger partial charge in [-0.1, -0.05) is 38.1 Å². The van der Waals surface area contributed by atoms with Crippen molar-refractivity contribution in [2.75, 3.05) is 5.32 Å². The lowest BCUT2D eigenvalue weighted by atomic mass is 9.48. The Kier molecular flexibility index (Phi) is 5.55. The third kappa shape index (κ3) is 4.07. The number of aryl methyl sites for hydroxylation is 1. The second kappa shape index (κ2) is 8.24. The first kappa shape index (κ1) is 21.6. The monoisotopic (exact) mass is 431 g/mol. The Morgan fingerprint density at radius 3 is 2.09 bits per heavy atom. The van der Waals surface area contributed by atoms with E-state index in [0.29, 0.717) is 11.3 Å². The predicted molar refractivity (Wildman–Crippen MR) is 130 cm³/mol. The smallest absolute Gasteiger partial charge is 0.265 e. The molecule has 0 heterocycles. The van der Waals surface area contributed by atoms with Gasteiger partial charge < -0.3 is 10.1 Å². The van der Waals surface area contributed by atoms with E-state index in [4.69, 9.17) is 4.74 Å². The molecule has 1 amide bonds. The molecule has 4 saturated carbocycles. The van der Waals surface area contributed by atoms with E-state index in [1.54, 1.807) is 0 Å². The number of benzene rings is 2. The number of hydrogen-bond donors (Lipinski definition) is 1. The minimum absolute atomic E-state index is 0.108. The van der Waals surface area contributed by atoms with Crippen LogP contribution in [0.15, 0.2) is 42.5 Å². The van der Waals surface area contributed by atoms with Crippen LogP contribution in [0.1, 0.15) is 81.9 Å². The molecule has 0 unspecified atom stereocenters. The quantitative estimate of drug-likeness (QED) is 0.535. The largest absolute Gasteiger partial charge is 0.481 e. The standard InChI is InChI=1S/C29H37NO2/c1-18(2)26-10-5-19(3)11-27(26)32-20(4)28(31)30-25-8-6-24(7-9-25)29-15-21-12-22(16-29)14-23(13-21)17-29/h5-11,18,20-23H,12-17H2,1-4H3,(H,30,31)/t20-,21?,22?,23?,29?/m1/s1. The van der Waals surface area contributed by atoms with E-state index in [1.165, 1.54) is 44.1 Å². The van der Waals surface area contributed by atoms with Crippen molar-refractivity contribution in [3.05, 3.63) is 59.2 Å². The summed E-state index contributed by atoms with van der Waals surface area (Å²) in [6, 6.07) is 14.9. The molecular formula is C29H37NO2. The number of hydrogen-bond acceptors (Lipinski definition) is 2. The van der Waals surface area contributed by atoms with Crippen molar-refractivity contribution in [1.82, 2.24) is 0 Å². The van der Waals surface area contributed by atoms with Gasteiger partial charge in [-0.05, 0) is 116 Å². The molecule has 1 atom stereocenters. The first-order valence-corrected chi connectivity index (χ1v) is 12.5. The fourth-order valence-electron chi connectivity index (χ4n) is 7.08. The second-order valence-electron chi connectivity index (χ2n) is 11.2. The summed E-state index contributed by atoms with van der Waals surface area (Å²) in [5.74, 6) is 3.87. The average Bonchev–Trinajstić information content (AvgIpc) is 2.73. The molecule has 4 bridgehead atoms. The van der Waals surface area contributed by atoms with Crippen LogP contribution < -0.4 is 10.1 Å². The molecule has 4 fully saturated rings. The Morgan fingerprint density at radius 2 is 1.53 bits per heavy atom. The molecule has 3 heteroatoms. The van der Waals surface area contributed by atoms with Crippen LogP contribution in [0.3, 0.4) is 0 Å². The third-order valence-corrected chi connectivity index (χ3v) is 8.27. The van der Waals surface area contributed by atoms with Crippen LogP contribution in [0.25, 0.3) is 0 Å². The molecule has 2 aromatic rings. The maximum Gasteiger partial charge on any atom is 0.265 e. The number of ether oxygens (including phenoxy) is 1. The summed E-state index contributed by atoms with van der Waals surface area (Å²) in [6.07, 6.45) is 7.93. The zero-order chi connectivity index (χ0) is 22.5. The van der Waals surface area contributed by atoms with Gasteiger partial charge in [0.2, 0.25) is 0 Å². The van der Waals surface area contributed by atoms with E-state index in [1.807, 2.05) is 19.9 Å². The molecule has 4 aliphatic rings. The highest BCUT2D eigenvalue weighted by Crippen LogP contribution is 2.60. The number of nitrogens with one attached hydrogen (secondary N) is 1. The number of anilines is 1. The number of carbonyl (C=O) groups is 1. The minimum atomic E-state index is -0.558. The van der Waals surface area contributed by atoms with Gasteiger partial charge in [0, 0.05) is 5.69 Å². The third-order valence-electron chi connectivity index (χ3n) is 8.27. The maximum atomic E-state index is 12.9. The van der Waals surface area contributed by atoms with Gasteiger partial charge in [0.15, 0.2) is 6.10 Å². The molecule has 2 aromatic carbocycles. The highest BCUT2D eigenvalue weighted by atomic mass is 16.5. The van der Waals surface area contributed by atoms with Crippen LogP contribution in [0.4, 0.5) is 5.69 Å². The fourth-order valence-corrected chi connectivity index (χ4v) is 7.08. The molecule has 0 spiro atoms. The topological polar surface area (TPSA) is 38.3 Å². The van der Waals surface area contributed by atoms with Crippen molar-refractivity contribution < 1.29 is 9.53 Å². The molecule has 0 aliphatic heterocycles. The second-order valence-corrected chi connectivity index (χ2v) is 11.2. The molecule has 6 rings (SSSR count). The van der Waals surface area contributed by atoms with Crippen LogP contribution >= 0.6 is 0 Å². The molecule has 32 heavy (non-hydrogen) atoms. The molecule has 3 nitrogen and oxygen atoms in total. The van der Waals surface area contributed by atoms with Gasteiger partial charge in [-0.2, -0.15) is 0 Å². The number of rotatable bonds is 6. The molecule has 4 aliphatic carbocycles. The first-order valence-electron chi connectivity index (χ1n) is 12.5. The Bertz CT molecular complexity index is 955. The van der Waals surface area contributed by atoms with E-state index < -0.39 is 6.10 Å². The zero-order valence-corrected chi connectivity index (χ0v) is 20.0. The van der Waals surface area contributed by atoms with Crippen LogP contribution in [-0.2, 0) is 10.2 Å². The van der Waals surface area contributed by atoms with Crippen LogP contribution in [0.5, 0.6) is 5.75 Å². The Labute approximate surface area is 192 Å². The van der Waals surface area contributed by atoms with Crippen LogP contribution in [0.2, 0.25) is 0 Å².